The van der Waals surface area contributed by atoms with Gasteiger partial charge in [0.05, 0.1) is 24.3 Å². The molecule has 1 saturated heterocycles. The zero-order chi connectivity index (χ0) is 18.0. The van der Waals surface area contributed by atoms with Crippen LogP contribution in [0.25, 0.3) is 10.9 Å². The van der Waals surface area contributed by atoms with E-state index in [1.165, 1.54) is 12.0 Å². The summed E-state index contributed by atoms with van der Waals surface area (Å²) in [7, 11) is 1.46. The second-order valence-electron chi connectivity index (χ2n) is 5.78. The number of aromatic nitrogens is 1. The number of rotatable bonds is 3. The first kappa shape index (κ1) is 17.5. The summed E-state index contributed by atoms with van der Waals surface area (Å²) < 4.78 is 46.1. The summed E-state index contributed by atoms with van der Waals surface area (Å²) >= 11 is 0. The molecule has 134 valence electrons. The summed E-state index contributed by atoms with van der Waals surface area (Å²) in [6.07, 6.45) is -5.27. The number of amides is 1. The maximum atomic E-state index is 12.9. The lowest BCUT2D eigenvalue weighted by Gasteiger charge is -2.32. The topological polar surface area (TPSA) is 51.7 Å². The lowest BCUT2D eigenvalue weighted by atomic mass is 10.0. The van der Waals surface area contributed by atoms with Gasteiger partial charge in [-0.15, -0.1) is 13.2 Å². The third kappa shape index (κ3) is 4.01. The molecule has 1 aliphatic heterocycles. The Labute approximate surface area is 142 Å². The van der Waals surface area contributed by atoms with Crippen LogP contribution in [0.5, 0.6) is 5.88 Å². The first-order valence-electron chi connectivity index (χ1n) is 7.85. The number of hydrogen-bond donors (Lipinski definition) is 0. The summed E-state index contributed by atoms with van der Waals surface area (Å²) in [6, 6.07) is 8.73. The van der Waals surface area contributed by atoms with Crippen molar-refractivity contribution in [1.29, 1.82) is 0 Å². The average molecular weight is 354 g/mol. The molecule has 25 heavy (non-hydrogen) atoms. The first-order chi connectivity index (χ1) is 11.9. The molecular weight excluding hydrogens is 337 g/mol. The van der Waals surface area contributed by atoms with E-state index in [-0.39, 0.29) is 31.8 Å². The number of nitrogens with zero attached hydrogens (tertiary/aromatic N) is 2. The number of piperidine rings is 1. The number of hydrogen-bond acceptors (Lipinski definition) is 4. The van der Waals surface area contributed by atoms with Crippen molar-refractivity contribution in [2.75, 3.05) is 20.2 Å². The minimum Gasteiger partial charge on any atom is -0.481 e. The molecule has 1 amide bonds. The van der Waals surface area contributed by atoms with E-state index >= 15 is 0 Å². The SMILES string of the molecule is COc1cc(C(=O)N2CCC(OC(F)(F)F)CC2)c2ccccc2n1. The molecule has 0 bridgehead atoms. The molecule has 0 spiro atoms. The predicted molar refractivity (Wildman–Crippen MR) is 84.4 cm³/mol. The number of likely N-dealkylation sites (tertiary alicyclic amines) is 1. The van der Waals surface area contributed by atoms with Crippen molar-refractivity contribution in [3.05, 3.63) is 35.9 Å². The predicted octanol–water partition coefficient (Wildman–Crippen LogP) is 3.38. The number of carbonyl (C=O) groups is 1. The summed E-state index contributed by atoms with van der Waals surface area (Å²) in [5.41, 5.74) is 1.05. The molecule has 1 aromatic heterocycles. The largest absolute Gasteiger partial charge is 0.522 e. The van der Waals surface area contributed by atoms with E-state index < -0.39 is 12.5 Å². The van der Waals surface area contributed by atoms with Crippen molar-refractivity contribution in [2.24, 2.45) is 0 Å². The van der Waals surface area contributed by atoms with Gasteiger partial charge in [0.2, 0.25) is 5.88 Å². The van der Waals surface area contributed by atoms with Gasteiger partial charge in [-0.25, -0.2) is 4.98 Å². The Balaban J connectivity index is 1.79. The van der Waals surface area contributed by atoms with Gasteiger partial charge in [-0.05, 0) is 18.9 Å². The summed E-state index contributed by atoms with van der Waals surface area (Å²) in [4.78, 5) is 18.7. The van der Waals surface area contributed by atoms with Crippen LogP contribution < -0.4 is 4.74 Å². The Morgan fingerprint density at radius 1 is 1.24 bits per heavy atom. The van der Waals surface area contributed by atoms with Crippen LogP contribution >= 0.6 is 0 Å². The van der Waals surface area contributed by atoms with E-state index in [9.17, 15) is 18.0 Å². The second kappa shape index (κ2) is 6.87. The maximum Gasteiger partial charge on any atom is 0.522 e. The Bertz CT molecular complexity index is 771. The number of pyridine rings is 1. The van der Waals surface area contributed by atoms with Gasteiger partial charge in [0.1, 0.15) is 0 Å². The van der Waals surface area contributed by atoms with Crippen LogP contribution in [0.1, 0.15) is 23.2 Å². The number of alkyl halides is 3. The number of ether oxygens (including phenoxy) is 2. The highest BCUT2D eigenvalue weighted by atomic mass is 19.4. The highest BCUT2D eigenvalue weighted by Crippen LogP contribution is 2.27. The van der Waals surface area contributed by atoms with Crippen LogP contribution in [0.4, 0.5) is 13.2 Å². The Kier molecular flexibility index (Phi) is 4.80. The number of para-hydroxylation sites is 1. The Morgan fingerprint density at radius 2 is 1.92 bits per heavy atom. The molecule has 2 aromatic rings. The van der Waals surface area contributed by atoms with Crippen LogP contribution in [-0.2, 0) is 4.74 Å². The van der Waals surface area contributed by atoms with Crippen LogP contribution in [0.3, 0.4) is 0 Å². The van der Waals surface area contributed by atoms with E-state index in [0.717, 1.165) is 0 Å². The monoisotopic (exact) mass is 354 g/mol. The lowest BCUT2D eigenvalue weighted by Crippen LogP contribution is -2.42. The molecule has 2 heterocycles. The van der Waals surface area contributed by atoms with E-state index in [2.05, 4.69) is 9.72 Å². The van der Waals surface area contributed by atoms with E-state index in [1.54, 1.807) is 24.3 Å². The highest BCUT2D eigenvalue weighted by Gasteiger charge is 2.36. The van der Waals surface area contributed by atoms with Crippen molar-refractivity contribution in [3.63, 3.8) is 0 Å². The van der Waals surface area contributed by atoms with Crippen LogP contribution in [0.15, 0.2) is 30.3 Å². The van der Waals surface area contributed by atoms with Crippen LogP contribution in [0, 0.1) is 0 Å². The zero-order valence-electron chi connectivity index (χ0n) is 13.5. The molecule has 0 atom stereocenters. The minimum absolute atomic E-state index is 0.144. The van der Waals surface area contributed by atoms with E-state index in [4.69, 9.17) is 4.74 Å². The minimum atomic E-state index is -4.65. The van der Waals surface area contributed by atoms with Gasteiger partial charge in [-0.2, -0.15) is 0 Å². The molecule has 1 fully saturated rings. The first-order valence-corrected chi connectivity index (χ1v) is 7.85. The molecular formula is C17H17F3N2O3. The van der Waals surface area contributed by atoms with Gasteiger partial charge in [0, 0.05) is 24.5 Å². The molecule has 0 radical (unpaired) electrons. The Morgan fingerprint density at radius 3 is 2.56 bits per heavy atom. The lowest BCUT2D eigenvalue weighted by molar-refractivity contribution is -0.345. The van der Waals surface area contributed by atoms with Gasteiger partial charge < -0.3 is 9.64 Å². The van der Waals surface area contributed by atoms with Crippen molar-refractivity contribution in [3.8, 4) is 5.88 Å². The molecule has 1 aromatic carbocycles. The number of halogens is 3. The van der Waals surface area contributed by atoms with E-state index in [1.807, 2.05) is 6.07 Å². The smallest absolute Gasteiger partial charge is 0.481 e. The van der Waals surface area contributed by atoms with Crippen molar-refractivity contribution in [2.45, 2.75) is 25.3 Å². The molecule has 5 nitrogen and oxygen atoms in total. The zero-order valence-corrected chi connectivity index (χ0v) is 13.5. The maximum absolute atomic E-state index is 12.9. The van der Waals surface area contributed by atoms with Gasteiger partial charge in [0.15, 0.2) is 0 Å². The van der Waals surface area contributed by atoms with Gasteiger partial charge in [0.25, 0.3) is 5.91 Å². The fraction of sp³-hybridized carbons (Fsp3) is 0.412. The molecule has 0 saturated carbocycles. The van der Waals surface area contributed by atoms with Crippen molar-refractivity contribution in [1.82, 2.24) is 9.88 Å². The summed E-state index contributed by atoms with van der Waals surface area (Å²) in [5, 5.41) is 0.682. The van der Waals surface area contributed by atoms with Gasteiger partial charge >= 0.3 is 6.36 Å². The number of carbonyl (C=O) groups excluding carboxylic acids is 1. The standard InChI is InChI=1S/C17H17F3N2O3/c1-24-15-10-13(12-4-2-3-5-14(12)21-15)16(23)22-8-6-11(7-9-22)25-17(18,19)20/h2-5,10-11H,6-9H2,1H3. The van der Waals surface area contributed by atoms with E-state index in [0.29, 0.717) is 22.3 Å². The highest BCUT2D eigenvalue weighted by molar-refractivity contribution is 6.06. The summed E-state index contributed by atoms with van der Waals surface area (Å²) in [5.74, 6) is 0.0692. The van der Waals surface area contributed by atoms with Gasteiger partial charge in [-0.3, -0.25) is 9.53 Å². The number of methoxy groups -OCH3 is 1. The normalized spacial score (nSPS) is 16.2. The fourth-order valence-electron chi connectivity index (χ4n) is 2.97. The quantitative estimate of drug-likeness (QED) is 0.848. The molecule has 1 aliphatic rings. The molecule has 0 unspecified atom stereocenters. The molecule has 8 heteroatoms. The summed E-state index contributed by atoms with van der Waals surface area (Å²) in [6.45, 7) is 0.414. The average Bonchev–Trinajstić information content (AvgIpc) is 2.59. The van der Waals surface area contributed by atoms with Crippen LogP contribution in [0.2, 0.25) is 0 Å². The second-order valence-corrected chi connectivity index (χ2v) is 5.78. The van der Waals surface area contributed by atoms with Crippen molar-refractivity contribution < 1.29 is 27.4 Å². The number of fused-ring (bicyclic) bond motifs is 1. The molecule has 0 aliphatic carbocycles. The Hall–Kier alpha value is -2.35. The fourth-order valence-corrected chi connectivity index (χ4v) is 2.97. The third-order valence-corrected chi connectivity index (χ3v) is 4.16. The molecule has 3 rings (SSSR count). The van der Waals surface area contributed by atoms with Gasteiger partial charge in [-0.1, -0.05) is 18.2 Å². The molecule has 0 N–H and O–H groups in total. The van der Waals surface area contributed by atoms with Crippen molar-refractivity contribution >= 4 is 16.8 Å². The third-order valence-electron chi connectivity index (χ3n) is 4.16. The van der Waals surface area contributed by atoms with Crippen LogP contribution in [-0.4, -0.2) is 48.5 Å². The number of benzene rings is 1.